The van der Waals surface area contributed by atoms with E-state index in [-0.39, 0.29) is 0 Å². The van der Waals surface area contributed by atoms with Crippen LogP contribution in [0.1, 0.15) is 38.2 Å². The largest absolute Gasteiger partial charge is 0.493 e. The van der Waals surface area contributed by atoms with Gasteiger partial charge in [-0.05, 0) is 43.9 Å². The van der Waals surface area contributed by atoms with Crippen LogP contribution in [0.5, 0.6) is 11.5 Å². The van der Waals surface area contributed by atoms with Crippen LogP contribution in [0.4, 0.5) is 0 Å². The van der Waals surface area contributed by atoms with Gasteiger partial charge < -0.3 is 24.8 Å². The Labute approximate surface area is 157 Å². The molecule has 0 spiro atoms. The van der Waals surface area contributed by atoms with Crippen LogP contribution in [0.3, 0.4) is 0 Å². The van der Waals surface area contributed by atoms with E-state index in [1.807, 2.05) is 19.2 Å². The van der Waals surface area contributed by atoms with Gasteiger partial charge in [-0.25, -0.2) is 0 Å². The first-order valence-electron chi connectivity index (χ1n) is 9.44. The predicted molar refractivity (Wildman–Crippen MR) is 105 cm³/mol. The second kappa shape index (κ2) is 9.67. The van der Waals surface area contributed by atoms with Crippen molar-refractivity contribution in [1.29, 1.82) is 0 Å². The summed E-state index contributed by atoms with van der Waals surface area (Å²) in [6.45, 7) is 4.15. The number of aliphatic imine (C=N–C) groups is 1. The molecule has 1 aromatic carbocycles. The number of guanidine groups is 1. The number of methoxy groups -OCH3 is 2. The van der Waals surface area contributed by atoms with Gasteiger partial charge in [0.05, 0.1) is 26.4 Å². The minimum Gasteiger partial charge on any atom is -0.493 e. The third-order valence-corrected chi connectivity index (χ3v) is 4.94. The van der Waals surface area contributed by atoms with Gasteiger partial charge in [-0.1, -0.05) is 18.9 Å². The first kappa shape index (κ1) is 20.4. The highest BCUT2D eigenvalue weighted by Crippen LogP contribution is 2.30. The summed E-state index contributed by atoms with van der Waals surface area (Å²) in [6, 6.07) is 6.00. The first-order valence-corrected chi connectivity index (χ1v) is 9.44. The predicted octanol–water partition coefficient (Wildman–Crippen LogP) is 2.45. The Morgan fingerprint density at radius 2 is 1.92 bits per heavy atom. The van der Waals surface area contributed by atoms with Gasteiger partial charge in [0.2, 0.25) is 0 Å². The average Bonchev–Trinajstić information content (AvgIpc) is 3.09. The van der Waals surface area contributed by atoms with Crippen molar-refractivity contribution in [2.75, 3.05) is 40.9 Å². The van der Waals surface area contributed by atoms with Gasteiger partial charge in [0, 0.05) is 20.1 Å². The SMILES string of the molecule is CCNC(=NCC1(O)CCCC1)N(C)CCc1ccc(OC)c(OC)c1. The average molecular weight is 364 g/mol. The van der Waals surface area contributed by atoms with E-state index in [9.17, 15) is 5.11 Å². The van der Waals surface area contributed by atoms with Gasteiger partial charge in [-0.2, -0.15) is 0 Å². The first-order chi connectivity index (χ1) is 12.5. The number of hydrogen-bond acceptors (Lipinski definition) is 4. The van der Waals surface area contributed by atoms with Crippen molar-refractivity contribution in [3.05, 3.63) is 23.8 Å². The molecular formula is C20H33N3O3. The fourth-order valence-electron chi connectivity index (χ4n) is 3.32. The molecule has 6 heteroatoms. The minimum atomic E-state index is -0.620. The number of likely N-dealkylation sites (N-methyl/N-ethyl adjacent to an activating group) is 1. The van der Waals surface area contributed by atoms with Gasteiger partial charge in [-0.15, -0.1) is 0 Å². The number of benzene rings is 1. The van der Waals surface area contributed by atoms with Crippen LogP contribution >= 0.6 is 0 Å². The van der Waals surface area contributed by atoms with Crippen LogP contribution in [0, 0.1) is 0 Å². The van der Waals surface area contributed by atoms with Crippen LogP contribution in [0.15, 0.2) is 23.2 Å². The zero-order valence-corrected chi connectivity index (χ0v) is 16.5. The summed E-state index contributed by atoms with van der Waals surface area (Å²) in [4.78, 5) is 6.79. The monoisotopic (exact) mass is 363 g/mol. The maximum Gasteiger partial charge on any atom is 0.193 e. The fourth-order valence-corrected chi connectivity index (χ4v) is 3.32. The molecule has 0 atom stereocenters. The standard InChI is InChI=1S/C20H33N3O3/c1-5-21-19(22-15-20(24)11-6-7-12-20)23(2)13-10-16-8-9-17(25-3)18(14-16)26-4/h8-9,14,24H,5-7,10-13,15H2,1-4H3,(H,21,22). The van der Waals surface area contributed by atoms with Crippen LogP contribution in [-0.4, -0.2) is 62.5 Å². The number of rotatable bonds is 8. The van der Waals surface area contributed by atoms with Gasteiger partial charge in [-0.3, -0.25) is 4.99 Å². The third-order valence-electron chi connectivity index (χ3n) is 4.94. The maximum absolute atomic E-state index is 10.5. The van der Waals surface area contributed by atoms with Crippen molar-refractivity contribution >= 4 is 5.96 Å². The van der Waals surface area contributed by atoms with Crippen molar-refractivity contribution in [2.45, 2.75) is 44.6 Å². The van der Waals surface area contributed by atoms with E-state index >= 15 is 0 Å². The van der Waals surface area contributed by atoms with Crippen molar-refractivity contribution < 1.29 is 14.6 Å². The van der Waals surface area contributed by atoms with Gasteiger partial charge >= 0.3 is 0 Å². The normalized spacial score (nSPS) is 16.4. The van der Waals surface area contributed by atoms with Crippen molar-refractivity contribution in [3.63, 3.8) is 0 Å². The fraction of sp³-hybridized carbons (Fsp3) is 0.650. The number of nitrogens with zero attached hydrogens (tertiary/aromatic N) is 2. The molecule has 0 amide bonds. The van der Waals surface area contributed by atoms with Crippen LogP contribution in [-0.2, 0) is 6.42 Å². The van der Waals surface area contributed by atoms with Crippen LogP contribution in [0.25, 0.3) is 0 Å². The molecule has 146 valence electrons. The summed E-state index contributed by atoms with van der Waals surface area (Å²) in [7, 11) is 5.32. The molecule has 0 aromatic heterocycles. The maximum atomic E-state index is 10.5. The lowest BCUT2D eigenvalue weighted by Gasteiger charge is -2.25. The molecule has 0 aliphatic heterocycles. The highest BCUT2D eigenvalue weighted by Gasteiger charge is 2.30. The molecule has 1 saturated carbocycles. The Bertz CT molecular complexity index is 598. The summed E-state index contributed by atoms with van der Waals surface area (Å²) >= 11 is 0. The van der Waals surface area contributed by atoms with Crippen LogP contribution in [0.2, 0.25) is 0 Å². The summed E-state index contributed by atoms with van der Waals surface area (Å²) in [5.74, 6) is 2.33. The molecule has 1 aliphatic rings. The minimum absolute atomic E-state index is 0.468. The molecule has 2 rings (SSSR count). The Morgan fingerprint density at radius 1 is 1.23 bits per heavy atom. The quantitative estimate of drug-likeness (QED) is 0.549. The summed E-state index contributed by atoms with van der Waals surface area (Å²) in [6.07, 6.45) is 4.76. The summed E-state index contributed by atoms with van der Waals surface area (Å²) < 4.78 is 10.7. The molecule has 0 unspecified atom stereocenters. The highest BCUT2D eigenvalue weighted by atomic mass is 16.5. The molecule has 0 radical (unpaired) electrons. The Hall–Kier alpha value is -1.95. The molecule has 2 N–H and O–H groups in total. The number of aliphatic hydroxyl groups is 1. The van der Waals surface area contributed by atoms with E-state index in [1.165, 1.54) is 5.56 Å². The van der Waals surface area contributed by atoms with Crippen molar-refractivity contribution in [1.82, 2.24) is 10.2 Å². The Balaban J connectivity index is 1.97. The van der Waals surface area contributed by atoms with Gasteiger partial charge in [0.25, 0.3) is 0 Å². The molecule has 1 aliphatic carbocycles. The van der Waals surface area contributed by atoms with E-state index in [1.54, 1.807) is 14.2 Å². The van der Waals surface area contributed by atoms with E-state index in [0.29, 0.717) is 6.54 Å². The van der Waals surface area contributed by atoms with Gasteiger partial charge in [0.15, 0.2) is 17.5 Å². The molecule has 0 bridgehead atoms. The molecule has 0 saturated heterocycles. The Kier molecular flexibility index (Phi) is 7.57. The second-order valence-electron chi connectivity index (χ2n) is 6.96. The number of ether oxygens (including phenoxy) is 2. The van der Waals surface area contributed by atoms with E-state index < -0.39 is 5.60 Å². The summed E-state index contributed by atoms with van der Waals surface area (Å²) in [5.41, 5.74) is 0.560. The second-order valence-corrected chi connectivity index (χ2v) is 6.96. The lowest BCUT2D eigenvalue weighted by Crippen LogP contribution is -2.41. The van der Waals surface area contributed by atoms with E-state index in [2.05, 4.69) is 28.2 Å². The van der Waals surface area contributed by atoms with Crippen LogP contribution < -0.4 is 14.8 Å². The lowest BCUT2D eigenvalue weighted by molar-refractivity contribution is 0.0572. The molecule has 1 fully saturated rings. The van der Waals surface area contributed by atoms with Crippen molar-refractivity contribution in [2.24, 2.45) is 4.99 Å². The van der Waals surface area contributed by atoms with E-state index in [4.69, 9.17) is 9.47 Å². The molecular weight excluding hydrogens is 330 g/mol. The zero-order chi connectivity index (χ0) is 19.0. The van der Waals surface area contributed by atoms with Gasteiger partial charge in [0.1, 0.15) is 0 Å². The molecule has 26 heavy (non-hydrogen) atoms. The molecule has 0 heterocycles. The molecule has 6 nitrogen and oxygen atoms in total. The smallest absolute Gasteiger partial charge is 0.193 e. The molecule has 1 aromatic rings. The highest BCUT2D eigenvalue weighted by molar-refractivity contribution is 5.79. The van der Waals surface area contributed by atoms with Crippen molar-refractivity contribution in [3.8, 4) is 11.5 Å². The lowest BCUT2D eigenvalue weighted by atomic mass is 10.0. The zero-order valence-electron chi connectivity index (χ0n) is 16.5. The number of nitrogens with one attached hydrogen (secondary N) is 1. The number of hydrogen-bond donors (Lipinski definition) is 2. The Morgan fingerprint density at radius 3 is 2.54 bits per heavy atom. The topological polar surface area (TPSA) is 66.3 Å². The summed E-state index contributed by atoms with van der Waals surface area (Å²) in [5, 5.41) is 13.8. The third kappa shape index (κ3) is 5.53. The van der Waals surface area contributed by atoms with E-state index in [0.717, 1.165) is 62.7 Å².